The van der Waals surface area contributed by atoms with Gasteiger partial charge in [0.25, 0.3) is 0 Å². The van der Waals surface area contributed by atoms with E-state index in [-0.39, 0.29) is 36.9 Å². The van der Waals surface area contributed by atoms with E-state index in [4.69, 9.17) is 9.47 Å². The number of rotatable bonds is 10. The average molecular weight is 416 g/mol. The number of ether oxygens (including phenoxy) is 2. The fraction of sp³-hybridized carbons (Fsp3) is 0.600. The van der Waals surface area contributed by atoms with Crippen LogP contribution in [0.15, 0.2) is 42.5 Å². The van der Waals surface area contributed by atoms with Gasteiger partial charge < -0.3 is 9.47 Å². The van der Waals surface area contributed by atoms with Gasteiger partial charge in [-0.25, -0.2) is 4.79 Å². The second-order valence-corrected chi connectivity index (χ2v) is 8.20. The minimum atomic E-state index is -0.315. The summed E-state index contributed by atoms with van der Waals surface area (Å²) < 4.78 is 11.1. The molecular formula is C25H37NO4. The minimum Gasteiger partial charge on any atom is -0.462 e. The number of unbranched alkanes of at least 4 members (excludes halogenated alkanes) is 5. The summed E-state index contributed by atoms with van der Waals surface area (Å²) in [5.74, 6) is -0.272. The molecule has 0 aromatic heterocycles. The highest BCUT2D eigenvalue weighted by molar-refractivity contribution is 5.69. The molecule has 1 aromatic carbocycles. The SMILES string of the molecule is CCCCCCC/C=C/[C@H]1C[C@@H](OC(C)=O)C[C@@H](C)N1C(=O)OCc1ccccc1. The zero-order valence-corrected chi connectivity index (χ0v) is 18.7. The lowest BCUT2D eigenvalue weighted by Crippen LogP contribution is -2.52. The molecule has 30 heavy (non-hydrogen) atoms. The maximum absolute atomic E-state index is 12.9. The highest BCUT2D eigenvalue weighted by Crippen LogP contribution is 2.27. The van der Waals surface area contributed by atoms with Gasteiger partial charge in [-0.15, -0.1) is 0 Å². The van der Waals surface area contributed by atoms with Crippen molar-refractivity contribution in [2.45, 2.75) is 96.9 Å². The van der Waals surface area contributed by atoms with E-state index >= 15 is 0 Å². The molecule has 0 saturated carbocycles. The van der Waals surface area contributed by atoms with Crippen molar-refractivity contribution in [3.63, 3.8) is 0 Å². The van der Waals surface area contributed by atoms with Crippen molar-refractivity contribution in [1.29, 1.82) is 0 Å². The molecule has 1 aromatic rings. The number of carbonyl (C=O) groups excluding carboxylic acids is 2. The monoisotopic (exact) mass is 415 g/mol. The molecule has 1 aliphatic rings. The summed E-state index contributed by atoms with van der Waals surface area (Å²) in [7, 11) is 0. The van der Waals surface area contributed by atoms with Crippen molar-refractivity contribution in [2.24, 2.45) is 0 Å². The van der Waals surface area contributed by atoms with Crippen molar-refractivity contribution in [3.05, 3.63) is 48.0 Å². The summed E-state index contributed by atoms with van der Waals surface area (Å²) in [6, 6.07) is 9.50. The summed E-state index contributed by atoms with van der Waals surface area (Å²) in [4.78, 5) is 26.1. The van der Waals surface area contributed by atoms with E-state index in [1.807, 2.05) is 37.3 Å². The smallest absolute Gasteiger partial charge is 0.410 e. The van der Waals surface area contributed by atoms with Gasteiger partial charge in [-0.3, -0.25) is 9.69 Å². The molecule has 0 N–H and O–H groups in total. The number of amides is 1. The highest BCUT2D eigenvalue weighted by Gasteiger charge is 2.37. The Kier molecular flexibility index (Phi) is 10.5. The molecule has 1 heterocycles. The fourth-order valence-electron chi connectivity index (χ4n) is 4.03. The summed E-state index contributed by atoms with van der Waals surface area (Å²) in [5, 5.41) is 0. The Hall–Kier alpha value is -2.30. The maximum atomic E-state index is 12.9. The van der Waals surface area contributed by atoms with E-state index in [0.29, 0.717) is 12.8 Å². The molecule has 2 rings (SSSR count). The third-order valence-corrected chi connectivity index (χ3v) is 5.52. The number of nitrogens with zero attached hydrogens (tertiary/aromatic N) is 1. The van der Waals surface area contributed by atoms with Crippen LogP contribution in [-0.2, 0) is 20.9 Å². The van der Waals surface area contributed by atoms with E-state index in [1.165, 1.54) is 32.6 Å². The van der Waals surface area contributed by atoms with Gasteiger partial charge in [-0.2, -0.15) is 0 Å². The molecule has 5 heteroatoms. The number of hydrogen-bond acceptors (Lipinski definition) is 4. The predicted molar refractivity (Wildman–Crippen MR) is 119 cm³/mol. The van der Waals surface area contributed by atoms with Gasteiger partial charge in [0.05, 0.1) is 6.04 Å². The number of hydrogen-bond donors (Lipinski definition) is 0. The molecular weight excluding hydrogens is 378 g/mol. The average Bonchev–Trinajstić information content (AvgIpc) is 2.71. The second-order valence-electron chi connectivity index (χ2n) is 8.20. The van der Waals surface area contributed by atoms with Crippen molar-refractivity contribution >= 4 is 12.1 Å². The van der Waals surface area contributed by atoms with E-state index in [9.17, 15) is 9.59 Å². The standard InChI is InChI=1S/C25H37NO4/c1-4-5-6-7-8-9-13-16-23-18-24(30-21(3)27)17-20(2)26(23)25(28)29-19-22-14-11-10-12-15-22/h10-16,20,23-24H,4-9,17-19H2,1-3H3/b16-13+/t20-,23+,24+/m1/s1. The van der Waals surface area contributed by atoms with Gasteiger partial charge in [0.1, 0.15) is 12.7 Å². The molecule has 0 spiro atoms. The normalized spacial score (nSPS) is 21.6. The Morgan fingerprint density at radius 2 is 1.83 bits per heavy atom. The van der Waals surface area contributed by atoms with Gasteiger partial charge >= 0.3 is 12.1 Å². The van der Waals surface area contributed by atoms with Crippen LogP contribution in [0.4, 0.5) is 4.79 Å². The molecule has 1 fully saturated rings. The minimum absolute atomic E-state index is 0.0643. The van der Waals surface area contributed by atoms with Crippen LogP contribution in [0.25, 0.3) is 0 Å². The third-order valence-electron chi connectivity index (χ3n) is 5.52. The molecule has 1 amide bonds. The first-order chi connectivity index (χ1) is 14.5. The number of benzene rings is 1. The zero-order chi connectivity index (χ0) is 21.8. The summed E-state index contributed by atoms with van der Waals surface area (Å²) in [5.41, 5.74) is 0.965. The van der Waals surface area contributed by atoms with Gasteiger partial charge in [-0.1, -0.05) is 75.1 Å². The zero-order valence-electron chi connectivity index (χ0n) is 18.7. The van der Waals surface area contributed by atoms with Gasteiger partial charge in [0.2, 0.25) is 0 Å². The lowest BCUT2D eigenvalue weighted by Gasteiger charge is -2.41. The number of carbonyl (C=O) groups is 2. The molecule has 166 valence electrons. The summed E-state index contributed by atoms with van der Waals surface area (Å²) >= 11 is 0. The van der Waals surface area contributed by atoms with Crippen LogP contribution in [0.5, 0.6) is 0 Å². The van der Waals surface area contributed by atoms with E-state index in [2.05, 4.69) is 19.1 Å². The van der Waals surface area contributed by atoms with Crippen LogP contribution < -0.4 is 0 Å². The number of allylic oxidation sites excluding steroid dienone is 1. The quantitative estimate of drug-likeness (QED) is 0.266. The van der Waals surface area contributed by atoms with Crippen LogP contribution in [0, 0.1) is 0 Å². The highest BCUT2D eigenvalue weighted by atomic mass is 16.6. The van der Waals surface area contributed by atoms with Crippen LogP contribution in [0.2, 0.25) is 0 Å². The maximum Gasteiger partial charge on any atom is 0.410 e. The van der Waals surface area contributed by atoms with Crippen molar-refractivity contribution in [1.82, 2.24) is 4.90 Å². The molecule has 0 radical (unpaired) electrons. The number of esters is 1. The van der Waals surface area contributed by atoms with Crippen molar-refractivity contribution < 1.29 is 19.1 Å². The van der Waals surface area contributed by atoms with Crippen LogP contribution in [0.1, 0.15) is 77.7 Å². The Bertz CT molecular complexity index is 673. The molecule has 1 aliphatic heterocycles. The first-order valence-electron chi connectivity index (χ1n) is 11.3. The Labute approximate surface area is 181 Å². The molecule has 0 bridgehead atoms. The largest absolute Gasteiger partial charge is 0.462 e. The Balaban J connectivity index is 1.97. The van der Waals surface area contributed by atoms with Crippen LogP contribution >= 0.6 is 0 Å². The fourth-order valence-corrected chi connectivity index (χ4v) is 4.03. The molecule has 0 aliphatic carbocycles. The first kappa shape index (κ1) is 24.0. The van der Waals surface area contributed by atoms with Gasteiger partial charge in [0.15, 0.2) is 0 Å². The first-order valence-corrected chi connectivity index (χ1v) is 11.3. The number of likely N-dealkylation sites (tertiary alicyclic amines) is 1. The van der Waals surface area contributed by atoms with E-state index < -0.39 is 0 Å². The van der Waals surface area contributed by atoms with E-state index in [0.717, 1.165) is 18.4 Å². The summed E-state index contributed by atoms with van der Waals surface area (Å²) in [6.45, 7) is 5.90. The second kappa shape index (κ2) is 13.1. The van der Waals surface area contributed by atoms with Crippen molar-refractivity contribution in [3.8, 4) is 0 Å². The molecule has 3 atom stereocenters. The Morgan fingerprint density at radius 1 is 1.10 bits per heavy atom. The number of piperidine rings is 1. The van der Waals surface area contributed by atoms with E-state index in [1.54, 1.807) is 4.90 Å². The third kappa shape index (κ3) is 8.21. The lowest BCUT2D eigenvalue weighted by molar-refractivity contribution is -0.149. The predicted octanol–water partition coefficient (Wildman–Crippen LogP) is 6.02. The Morgan fingerprint density at radius 3 is 2.53 bits per heavy atom. The van der Waals surface area contributed by atoms with Gasteiger partial charge in [-0.05, 0) is 25.3 Å². The molecule has 0 unspecified atom stereocenters. The topological polar surface area (TPSA) is 55.8 Å². The summed E-state index contributed by atoms with van der Waals surface area (Å²) in [6.07, 6.45) is 12.2. The van der Waals surface area contributed by atoms with Crippen molar-refractivity contribution in [2.75, 3.05) is 0 Å². The van der Waals surface area contributed by atoms with Gasteiger partial charge in [0, 0.05) is 25.8 Å². The van der Waals surface area contributed by atoms with Crippen LogP contribution in [0.3, 0.4) is 0 Å². The molecule has 1 saturated heterocycles. The molecule has 5 nitrogen and oxygen atoms in total. The van der Waals surface area contributed by atoms with Crippen LogP contribution in [-0.4, -0.2) is 35.2 Å². The lowest BCUT2D eigenvalue weighted by atomic mass is 9.93.